The zero-order chi connectivity index (χ0) is 20.0. The van der Waals surface area contributed by atoms with Crippen LogP contribution in [0.15, 0.2) is 18.5 Å². The van der Waals surface area contributed by atoms with Crippen molar-refractivity contribution in [3.05, 3.63) is 40.6 Å². The van der Waals surface area contributed by atoms with Crippen molar-refractivity contribution < 1.29 is 0 Å². The topological polar surface area (TPSA) is 60.9 Å². The minimum Gasteiger partial charge on any atom is -0.248 e. The van der Waals surface area contributed by atoms with E-state index < -0.39 is 0 Å². The highest BCUT2D eigenvalue weighted by Gasteiger charge is 2.23. The van der Waals surface area contributed by atoms with E-state index in [-0.39, 0.29) is 0 Å². The number of rotatable bonds is 5. The van der Waals surface area contributed by atoms with Crippen LogP contribution >= 0.6 is 22.9 Å². The second kappa shape index (κ2) is 7.29. The Labute approximate surface area is 173 Å². The quantitative estimate of drug-likeness (QED) is 0.437. The molecule has 28 heavy (non-hydrogen) atoms. The van der Waals surface area contributed by atoms with E-state index in [2.05, 4.69) is 30.0 Å². The summed E-state index contributed by atoms with van der Waals surface area (Å²) in [5, 5.41) is 9.70. The van der Waals surface area contributed by atoms with Gasteiger partial charge in [0.2, 0.25) is 0 Å². The normalized spacial score (nSPS) is 11.8. The standard InChI is InChI=1S/C20H23ClN6S/c1-6-13(7-2)15-8-11(3)24-20-17(12(4)25-27(15)20)18-14(21)9-16(28-18)19-22-10-23-26(19)5/h8-10,13H,6-7H2,1-5H3. The van der Waals surface area contributed by atoms with Gasteiger partial charge in [0.05, 0.1) is 26.0 Å². The van der Waals surface area contributed by atoms with Gasteiger partial charge in [-0.25, -0.2) is 19.2 Å². The molecule has 0 radical (unpaired) electrons. The number of hydrogen-bond acceptors (Lipinski definition) is 5. The SMILES string of the molecule is CCC(CC)c1cc(C)nc2c(-c3sc(-c4ncnn4C)cc3Cl)c(C)nn12. The Morgan fingerprint density at radius 2 is 1.93 bits per heavy atom. The Hall–Kier alpha value is -2.25. The Balaban J connectivity index is 1.94. The van der Waals surface area contributed by atoms with E-state index >= 15 is 0 Å². The number of hydrogen-bond donors (Lipinski definition) is 0. The average molecular weight is 415 g/mol. The van der Waals surface area contributed by atoms with Crippen molar-refractivity contribution in [2.75, 3.05) is 0 Å². The lowest BCUT2D eigenvalue weighted by Crippen LogP contribution is -2.07. The largest absolute Gasteiger partial charge is 0.248 e. The second-order valence-corrected chi connectivity index (χ2v) is 8.49. The third-order valence-electron chi connectivity index (χ3n) is 5.17. The summed E-state index contributed by atoms with van der Waals surface area (Å²) in [7, 11) is 1.88. The molecule has 4 aromatic rings. The van der Waals surface area contributed by atoms with Crippen LogP contribution in [0.1, 0.15) is 49.7 Å². The lowest BCUT2D eigenvalue weighted by molar-refractivity contribution is 0.598. The van der Waals surface area contributed by atoms with E-state index in [1.165, 1.54) is 5.69 Å². The maximum absolute atomic E-state index is 6.66. The van der Waals surface area contributed by atoms with Crippen LogP contribution in [0.2, 0.25) is 5.02 Å². The molecule has 0 atom stereocenters. The minimum atomic E-state index is 0.448. The maximum atomic E-state index is 6.66. The Kier molecular flexibility index (Phi) is 4.97. The van der Waals surface area contributed by atoms with E-state index in [1.54, 1.807) is 22.3 Å². The molecule has 0 N–H and O–H groups in total. The average Bonchev–Trinajstić information content (AvgIpc) is 3.32. The van der Waals surface area contributed by atoms with Crippen molar-refractivity contribution in [3.63, 3.8) is 0 Å². The third-order valence-corrected chi connectivity index (χ3v) is 6.73. The smallest absolute Gasteiger partial charge is 0.167 e. The van der Waals surface area contributed by atoms with E-state index in [0.717, 1.165) is 51.0 Å². The molecular formula is C20H23ClN6S. The summed E-state index contributed by atoms with van der Waals surface area (Å²) in [6.45, 7) is 8.50. The summed E-state index contributed by atoms with van der Waals surface area (Å²) in [5.41, 5.74) is 5.00. The van der Waals surface area contributed by atoms with Crippen molar-refractivity contribution >= 4 is 28.6 Å². The first kappa shape index (κ1) is 19.1. The first-order valence-corrected chi connectivity index (χ1v) is 10.6. The van der Waals surface area contributed by atoms with Crippen LogP contribution in [0.3, 0.4) is 0 Å². The maximum Gasteiger partial charge on any atom is 0.167 e. The van der Waals surface area contributed by atoms with Crippen LogP contribution in [0.4, 0.5) is 0 Å². The van der Waals surface area contributed by atoms with Gasteiger partial charge >= 0.3 is 0 Å². The van der Waals surface area contributed by atoms with Crippen molar-refractivity contribution in [3.8, 4) is 21.1 Å². The molecule has 0 saturated carbocycles. The van der Waals surface area contributed by atoms with Gasteiger partial charge in [0, 0.05) is 24.4 Å². The minimum absolute atomic E-state index is 0.448. The summed E-state index contributed by atoms with van der Waals surface area (Å²) < 4.78 is 3.76. The summed E-state index contributed by atoms with van der Waals surface area (Å²) in [5.74, 6) is 1.25. The zero-order valence-corrected chi connectivity index (χ0v) is 18.3. The Bertz CT molecular complexity index is 1150. The lowest BCUT2D eigenvalue weighted by atomic mass is 9.98. The van der Waals surface area contributed by atoms with E-state index in [9.17, 15) is 0 Å². The number of fused-ring (bicyclic) bond motifs is 1. The van der Waals surface area contributed by atoms with E-state index in [1.807, 2.05) is 31.5 Å². The van der Waals surface area contributed by atoms with Gasteiger partial charge < -0.3 is 0 Å². The second-order valence-electron chi connectivity index (χ2n) is 7.03. The molecular weight excluding hydrogens is 392 g/mol. The highest BCUT2D eigenvalue weighted by atomic mass is 35.5. The fraction of sp³-hybridized carbons (Fsp3) is 0.400. The zero-order valence-electron chi connectivity index (χ0n) is 16.7. The summed E-state index contributed by atoms with van der Waals surface area (Å²) >= 11 is 8.26. The molecule has 0 saturated heterocycles. The number of aromatic nitrogens is 6. The Morgan fingerprint density at radius 3 is 2.57 bits per heavy atom. The van der Waals surface area contributed by atoms with Crippen LogP contribution in [0, 0.1) is 13.8 Å². The first-order chi connectivity index (χ1) is 13.4. The van der Waals surface area contributed by atoms with Crippen molar-refractivity contribution in [1.29, 1.82) is 0 Å². The van der Waals surface area contributed by atoms with Gasteiger partial charge in [-0.15, -0.1) is 11.3 Å². The molecule has 0 aliphatic carbocycles. The van der Waals surface area contributed by atoms with Gasteiger partial charge in [0.15, 0.2) is 11.5 Å². The van der Waals surface area contributed by atoms with Crippen molar-refractivity contribution in [2.24, 2.45) is 7.05 Å². The molecule has 4 aromatic heterocycles. The molecule has 4 rings (SSSR count). The molecule has 0 unspecified atom stereocenters. The fourth-order valence-corrected chi connectivity index (χ4v) is 5.26. The molecule has 0 aliphatic rings. The van der Waals surface area contributed by atoms with Gasteiger partial charge in [-0.3, -0.25) is 0 Å². The highest BCUT2D eigenvalue weighted by Crippen LogP contribution is 2.43. The van der Waals surface area contributed by atoms with Crippen molar-refractivity contribution in [1.82, 2.24) is 29.4 Å². The molecule has 8 heteroatoms. The predicted octanol–water partition coefficient (Wildman–Crippen LogP) is 5.43. The predicted molar refractivity (Wildman–Crippen MR) is 114 cm³/mol. The molecule has 0 spiro atoms. The molecule has 0 fully saturated rings. The molecule has 0 bridgehead atoms. The highest BCUT2D eigenvalue weighted by molar-refractivity contribution is 7.19. The van der Waals surface area contributed by atoms with E-state index in [0.29, 0.717) is 10.9 Å². The van der Waals surface area contributed by atoms with Gasteiger partial charge in [-0.1, -0.05) is 25.4 Å². The van der Waals surface area contributed by atoms with Gasteiger partial charge in [-0.05, 0) is 38.8 Å². The molecule has 146 valence electrons. The van der Waals surface area contributed by atoms with Crippen LogP contribution < -0.4 is 0 Å². The summed E-state index contributed by atoms with van der Waals surface area (Å²) in [6.07, 6.45) is 3.69. The van der Waals surface area contributed by atoms with Crippen LogP contribution in [-0.4, -0.2) is 29.4 Å². The molecule has 0 aromatic carbocycles. The van der Waals surface area contributed by atoms with Crippen molar-refractivity contribution in [2.45, 2.75) is 46.5 Å². The van der Waals surface area contributed by atoms with Crippen LogP contribution in [0.25, 0.3) is 26.8 Å². The molecule has 6 nitrogen and oxygen atoms in total. The molecule has 0 aliphatic heterocycles. The molecule has 4 heterocycles. The Morgan fingerprint density at radius 1 is 1.18 bits per heavy atom. The summed E-state index contributed by atoms with van der Waals surface area (Å²) in [4.78, 5) is 11.1. The monoisotopic (exact) mass is 414 g/mol. The lowest BCUT2D eigenvalue weighted by Gasteiger charge is -2.15. The number of halogens is 1. The van der Waals surface area contributed by atoms with Crippen LogP contribution in [-0.2, 0) is 7.05 Å². The fourth-order valence-electron chi connectivity index (χ4n) is 3.71. The van der Waals surface area contributed by atoms with Gasteiger partial charge in [0.1, 0.15) is 6.33 Å². The van der Waals surface area contributed by atoms with E-state index in [4.69, 9.17) is 21.7 Å². The third kappa shape index (κ3) is 3.02. The summed E-state index contributed by atoms with van der Waals surface area (Å²) in [6, 6.07) is 4.11. The first-order valence-electron chi connectivity index (χ1n) is 9.45. The van der Waals surface area contributed by atoms with Crippen LogP contribution in [0.5, 0.6) is 0 Å². The molecule has 0 amide bonds. The number of thiophene rings is 1. The number of aryl methyl sites for hydroxylation is 3. The van der Waals surface area contributed by atoms with Gasteiger partial charge in [-0.2, -0.15) is 10.2 Å². The number of nitrogens with zero attached hydrogens (tertiary/aromatic N) is 6. The van der Waals surface area contributed by atoms with Gasteiger partial charge in [0.25, 0.3) is 0 Å².